The molecule has 2 N–H and O–H groups in total. The highest BCUT2D eigenvalue weighted by molar-refractivity contribution is 6.30. The molecule has 0 saturated carbocycles. The molecule has 132 valence electrons. The Morgan fingerprint density at radius 1 is 1.23 bits per heavy atom. The fourth-order valence-corrected chi connectivity index (χ4v) is 2.90. The molecule has 0 saturated heterocycles. The molecular weight excluding hydrogens is 352 g/mol. The first kappa shape index (κ1) is 16.4. The summed E-state index contributed by atoms with van der Waals surface area (Å²) in [7, 11) is 1.85. The molecule has 4 aromatic rings. The number of hydrogen-bond acceptors (Lipinski definition) is 6. The fraction of sp³-hybridized carbons (Fsp3) is 0.167. The van der Waals surface area contributed by atoms with Crippen LogP contribution in [0.3, 0.4) is 0 Å². The molecule has 0 unspecified atom stereocenters. The van der Waals surface area contributed by atoms with Crippen molar-refractivity contribution < 1.29 is 4.42 Å². The lowest BCUT2D eigenvalue weighted by Crippen LogP contribution is -2.06. The van der Waals surface area contributed by atoms with Gasteiger partial charge in [-0.2, -0.15) is 15.1 Å². The van der Waals surface area contributed by atoms with Crippen molar-refractivity contribution in [1.29, 1.82) is 0 Å². The maximum atomic E-state index is 6.05. The number of hydrogen-bond donors (Lipinski definition) is 2. The van der Waals surface area contributed by atoms with E-state index < -0.39 is 0 Å². The van der Waals surface area contributed by atoms with Crippen molar-refractivity contribution >= 4 is 40.1 Å². The van der Waals surface area contributed by atoms with Crippen LogP contribution in [-0.2, 0) is 13.6 Å². The van der Waals surface area contributed by atoms with Gasteiger partial charge in [-0.25, -0.2) is 0 Å². The molecule has 0 atom stereocenters. The molecular formula is C18H17ClN6O. The van der Waals surface area contributed by atoms with E-state index in [0.717, 1.165) is 28.0 Å². The Hall–Kier alpha value is -3.06. The average Bonchev–Trinajstić information content (AvgIpc) is 3.26. The maximum Gasteiger partial charge on any atom is 0.227 e. The zero-order chi connectivity index (χ0) is 18.1. The quantitative estimate of drug-likeness (QED) is 0.547. The number of benzene rings is 1. The molecule has 0 aliphatic carbocycles. The van der Waals surface area contributed by atoms with Crippen molar-refractivity contribution in [3.05, 3.63) is 59.1 Å². The molecule has 4 rings (SSSR count). The van der Waals surface area contributed by atoms with Crippen molar-refractivity contribution in [2.45, 2.75) is 13.5 Å². The molecule has 3 aromatic heterocycles. The first-order valence-corrected chi connectivity index (χ1v) is 8.47. The maximum absolute atomic E-state index is 6.05. The van der Waals surface area contributed by atoms with Crippen molar-refractivity contribution in [3.8, 4) is 0 Å². The van der Waals surface area contributed by atoms with Crippen molar-refractivity contribution in [2.75, 3.05) is 10.6 Å². The first-order chi connectivity index (χ1) is 12.6. The van der Waals surface area contributed by atoms with Crippen LogP contribution in [0.25, 0.3) is 11.0 Å². The van der Waals surface area contributed by atoms with Gasteiger partial charge in [0.05, 0.1) is 24.4 Å². The van der Waals surface area contributed by atoms with Gasteiger partial charge < -0.3 is 15.1 Å². The smallest absolute Gasteiger partial charge is 0.227 e. The topological polar surface area (TPSA) is 80.8 Å². The Balaban J connectivity index is 1.70. The van der Waals surface area contributed by atoms with Crippen LogP contribution in [0.15, 0.2) is 47.2 Å². The van der Waals surface area contributed by atoms with Gasteiger partial charge in [0.1, 0.15) is 11.6 Å². The summed E-state index contributed by atoms with van der Waals surface area (Å²) in [6.45, 7) is 2.49. The number of rotatable bonds is 5. The summed E-state index contributed by atoms with van der Waals surface area (Å²) in [4.78, 5) is 9.16. The van der Waals surface area contributed by atoms with Crippen LogP contribution in [0.4, 0.5) is 17.5 Å². The Labute approximate surface area is 155 Å². The Morgan fingerprint density at radius 2 is 2.12 bits per heavy atom. The van der Waals surface area contributed by atoms with E-state index in [1.54, 1.807) is 17.1 Å². The lowest BCUT2D eigenvalue weighted by Gasteiger charge is -2.12. The highest BCUT2D eigenvalue weighted by Crippen LogP contribution is 2.28. The lowest BCUT2D eigenvalue weighted by atomic mass is 10.2. The predicted molar refractivity (Wildman–Crippen MR) is 102 cm³/mol. The second kappa shape index (κ2) is 6.68. The van der Waals surface area contributed by atoms with Crippen molar-refractivity contribution in [3.63, 3.8) is 0 Å². The van der Waals surface area contributed by atoms with Crippen molar-refractivity contribution in [2.24, 2.45) is 7.05 Å². The molecule has 0 spiro atoms. The molecule has 0 radical (unpaired) electrons. The van der Waals surface area contributed by atoms with E-state index in [1.165, 1.54) is 0 Å². The Kier molecular flexibility index (Phi) is 4.22. The summed E-state index contributed by atoms with van der Waals surface area (Å²) in [5, 5.41) is 12.4. The molecule has 0 fully saturated rings. The average molecular weight is 369 g/mol. The van der Waals surface area contributed by atoms with Gasteiger partial charge in [-0.15, -0.1) is 0 Å². The van der Waals surface area contributed by atoms with Gasteiger partial charge in [0.25, 0.3) is 0 Å². The molecule has 8 heteroatoms. The van der Waals surface area contributed by atoms with Crippen LogP contribution >= 0.6 is 11.6 Å². The van der Waals surface area contributed by atoms with Crippen LogP contribution < -0.4 is 10.6 Å². The monoisotopic (exact) mass is 368 g/mol. The highest BCUT2D eigenvalue weighted by Gasteiger charge is 2.13. The summed E-state index contributed by atoms with van der Waals surface area (Å²) < 4.78 is 7.06. The normalized spacial score (nSPS) is 11.0. The SMILES string of the molecule is Cc1cc(Cl)ccc1Nc1nc(NCc2ccco2)nc2c1cnn2C. The van der Waals surface area contributed by atoms with Crippen LogP contribution in [0.5, 0.6) is 0 Å². The van der Waals surface area contributed by atoms with Gasteiger partial charge in [0.2, 0.25) is 5.95 Å². The lowest BCUT2D eigenvalue weighted by molar-refractivity contribution is 0.517. The standard InChI is InChI=1S/C18H17ClN6O/c1-11-8-12(19)5-6-15(11)22-16-14-10-21-25(2)17(14)24-18(23-16)20-9-13-4-3-7-26-13/h3-8,10H,9H2,1-2H3,(H2,20,22,23,24). The predicted octanol–water partition coefficient (Wildman–Crippen LogP) is 4.27. The molecule has 0 aliphatic rings. The number of fused-ring (bicyclic) bond motifs is 1. The van der Waals surface area contributed by atoms with E-state index in [4.69, 9.17) is 16.0 Å². The molecule has 7 nitrogen and oxygen atoms in total. The number of halogens is 1. The third-order valence-electron chi connectivity index (χ3n) is 4.03. The minimum atomic E-state index is 0.492. The highest BCUT2D eigenvalue weighted by atomic mass is 35.5. The summed E-state index contributed by atoms with van der Waals surface area (Å²) in [5.41, 5.74) is 2.68. The zero-order valence-electron chi connectivity index (χ0n) is 14.3. The Morgan fingerprint density at radius 3 is 2.88 bits per heavy atom. The second-order valence-corrected chi connectivity index (χ2v) is 6.35. The minimum absolute atomic E-state index is 0.492. The fourth-order valence-electron chi connectivity index (χ4n) is 2.67. The number of nitrogens with zero attached hydrogens (tertiary/aromatic N) is 4. The van der Waals surface area contributed by atoms with E-state index >= 15 is 0 Å². The molecule has 0 amide bonds. The van der Waals surface area contributed by atoms with Crippen LogP contribution in [0.2, 0.25) is 5.02 Å². The first-order valence-electron chi connectivity index (χ1n) is 8.09. The summed E-state index contributed by atoms with van der Waals surface area (Å²) in [5.74, 6) is 1.98. The van der Waals surface area contributed by atoms with Gasteiger partial charge in [-0.05, 0) is 42.8 Å². The number of furan rings is 1. The zero-order valence-corrected chi connectivity index (χ0v) is 15.1. The van der Waals surface area contributed by atoms with Crippen LogP contribution in [0.1, 0.15) is 11.3 Å². The van der Waals surface area contributed by atoms with E-state index in [-0.39, 0.29) is 0 Å². The van der Waals surface area contributed by atoms with Gasteiger partial charge in [-0.3, -0.25) is 4.68 Å². The summed E-state index contributed by atoms with van der Waals surface area (Å²) >= 11 is 6.05. The third-order valence-corrected chi connectivity index (χ3v) is 4.27. The summed E-state index contributed by atoms with van der Waals surface area (Å²) in [6, 6.07) is 9.42. The second-order valence-electron chi connectivity index (χ2n) is 5.92. The number of aryl methyl sites for hydroxylation is 2. The molecule has 26 heavy (non-hydrogen) atoms. The number of nitrogens with one attached hydrogen (secondary N) is 2. The van der Waals surface area contributed by atoms with E-state index in [0.29, 0.717) is 23.3 Å². The molecule has 3 heterocycles. The van der Waals surface area contributed by atoms with E-state index in [9.17, 15) is 0 Å². The summed E-state index contributed by atoms with van der Waals surface area (Å²) in [6.07, 6.45) is 3.39. The van der Waals surface area contributed by atoms with Gasteiger partial charge >= 0.3 is 0 Å². The van der Waals surface area contributed by atoms with Gasteiger partial charge in [0, 0.05) is 17.8 Å². The van der Waals surface area contributed by atoms with E-state index in [2.05, 4.69) is 25.7 Å². The van der Waals surface area contributed by atoms with E-state index in [1.807, 2.05) is 44.3 Å². The molecule has 0 bridgehead atoms. The van der Waals surface area contributed by atoms with Crippen LogP contribution in [-0.4, -0.2) is 19.7 Å². The Bertz CT molecular complexity index is 1060. The van der Waals surface area contributed by atoms with Crippen LogP contribution in [0, 0.1) is 6.92 Å². The number of anilines is 3. The minimum Gasteiger partial charge on any atom is -0.467 e. The number of aromatic nitrogens is 4. The largest absolute Gasteiger partial charge is 0.467 e. The van der Waals surface area contributed by atoms with Gasteiger partial charge in [-0.1, -0.05) is 11.6 Å². The third kappa shape index (κ3) is 3.21. The molecule has 1 aromatic carbocycles. The van der Waals surface area contributed by atoms with Crippen molar-refractivity contribution in [1.82, 2.24) is 19.7 Å². The molecule has 0 aliphatic heterocycles. The van der Waals surface area contributed by atoms with Gasteiger partial charge in [0.15, 0.2) is 5.65 Å².